The van der Waals surface area contributed by atoms with E-state index in [2.05, 4.69) is 20.0 Å². The highest BCUT2D eigenvalue weighted by molar-refractivity contribution is 5.84. The SMILES string of the molecule is Cn1ncc2c(N)nc(CN3CCOCC3)nc21. The summed E-state index contributed by atoms with van der Waals surface area (Å²) in [5.41, 5.74) is 6.71. The monoisotopic (exact) mass is 248 g/mol. The molecule has 1 aliphatic heterocycles. The summed E-state index contributed by atoms with van der Waals surface area (Å²) in [6.07, 6.45) is 1.70. The van der Waals surface area contributed by atoms with Crippen LogP contribution in [0.4, 0.5) is 5.82 Å². The van der Waals surface area contributed by atoms with E-state index in [9.17, 15) is 0 Å². The fourth-order valence-corrected chi connectivity index (χ4v) is 2.12. The normalized spacial score (nSPS) is 17.4. The molecule has 0 spiro atoms. The Morgan fingerprint density at radius 1 is 1.33 bits per heavy atom. The van der Waals surface area contributed by atoms with Crippen LogP contribution in [0.3, 0.4) is 0 Å². The topological polar surface area (TPSA) is 82.1 Å². The highest BCUT2D eigenvalue weighted by Gasteiger charge is 2.14. The first-order chi connectivity index (χ1) is 8.74. The molecular weight excluding hydrogens is 232 g/mol. The van der Waals surface area contributed by atoms with Crippen LogP contribution in [0.25, 0.3) is 11.0 Å². The van der Waals surface area contributed by atoms with Crippen LogP contribution in [0.2, 0.25) is 0 Å². The number of nitrogens with two attached hydrogens (primary N) is 1. The van der Waals surface area contributed by atoms with Gasteiger partial charge in [0, 0.05) is 20.1 Å². The minimum absolute atomic E-state index is 0.497. The Labute approximate surface area is 105 Å². The quantitative estimate of drug-likeness (QED) is 0.791. The van der Waals surface area contributed by atoms with E-state index < -0.39 is 0 Å². The van der Waals surface area contributed by atoms with Crippen LogP contribution in [-0.4, -0.2) is 51.0 Å². The van der Waals surface area contributed by atoms with E-state index in [0.29, 0.717) is 12.4 Å². The predicted octanol–water partition coefficient (Wildman–Crippen LogP) is -0.222. The van der Waals surface area contributed by atoms with Gasteiger partial charge in [0.2, 0.25) is 0 Å². The Balaban J connectivity index is 1.89. The zero-order chi connectivity index (χ0) is 12.5. The number of rotatable bonds is 2. The highest BCUT2D eigenvalue weighted by Crippen LogP contribution is 2.17. The van der Waals surface area contributed by atoms with Gasteiger partial charge in [-0.25, -0.2) is 9.97 Å². The molecule has 0 radical (unpaired) electrons. The maximum absolute atomic E-state index is 5.93. The van der Waals surface area contributed by atoms with Gasteiger partial charge in [-0.05, 0) is 0 Å². The van der Waals surface area contributed by atoms with E-state index in [1.54, 1.807) is 10.9 Å². The van der Waals surface area contributed by atoms with E-state index in [1.165, 1.54) is 0 Å². The summed E-state index contributed by atoms with van der Waals surface area (Å²) in [5.74, 6) is 1.24. The first kappa shape index (κ1) is 11.4. The van der Waals surface area contributed by atoms with Crippen molar-refractivity contribution in [3.05, 3.63) is 12.0 Å². The van der Waals surface area contributed by atoms with Crippen LogP contribution in [0.15, 0.2) is 6.20 Å². The lowest BCUT2D eigenvalue weighted by molar-refractivity contribution is 0.0331. The lowest BCUT2D eigenvalue weighted by atomic mass is 10.3. The second-order valence-corrected chi connectivity index (χ2v) is 4.42. The molecule has 0 amide bonds. The van der Waals surface area contributed by atoms with Crippen molar-refractivity contribution in [2.45, 2.75) is 6.54 Å². The third-order valence-corrected chi connectivity index (χ3v) is 3.14. The molecule has 0 unspecified atom stereocenters. The maximum Gasteiger partial charge on any atom is 0.163 e. The molecule has 7 nitrogen and oxygen atoms in total. The second kappa shape index (κ2) is 4.51. The van der Waals surface area contributed by atoms with E-state index in [-0.39, 0.29) is 0 Å². The zero-order valence-corrected chi connectivity index (χ0v) is 10.3. The molecule has 18 heavy (non-hydrogen) atoms. The van der Waals surface area contributed by atoms with Crippen molar-refractivity contribution >= 4 is 16.9 Å². The molecule has 2 aromatic heterocycles. The van der Waals surface area contributed by atoms with E-state index in [1.807, 2.05) is 7.05 Å². The Morgan fingerprint density at radius 2 is 2.11 bits per heavy atom. The van der Waals surface area contributed by atoms with Gasteiger partial charge in [-0.3, -0.25) is 9.58 Å². The molecule has 2 N–H and O–H groups in total. The Hall–Kier alpha value is -1.73. The number of aromatic nitrogens is 4. The molecule has 0 aromatic carbocycles. The molecule has 3 rings (SSSR count). The third-order valence-electron chi connectivity index (χ3n) is 3.14. The summed E-state index contributed by atoms with van der Waals surface area (Å²) < 4.78 is 7.04. The number of hydrogen-bond donors (Lipinski definition) is 1. The summed E-state index contributed by atoms with van der Waals surface area (Å²) in [6, 6.07) is 0. The molecule has 3 heterocycles. The van der Waals surface area contributed by atoms with Gasteiger partial charge < -0.3 is 10.5 Å². The smallest absolute Gasteiger partial charge is 0.163 e. The van der Waals surface area contributed by atoms with E-state index >= 15 is 0 Å². The number of morpholine rings is 1. The first-order valence-electron chi connectivity index (χ1n) is 5.98. The molecule has 2 aromatic rings. The van der Waals surface area contributed by atoms with Gasteiger partial charge in [0.05, 0.1) is 31.3 Å². The van der Waals surface area contributed by atoms with Gasteiger partial charge >= 0.3 is 0 Å². The number of hydrogen-bond acceptors (Lipinski definition) is 6. The van der Waals surface area contributed by atoms with Gasteiger partial charge in [-0.2, -0.15) is 5.10 Å². The molecule has 0 saturated carbocycles. The number of nitrogens with zero attached hydrogens (tertiary/aromatic N) is 5. The van der Waals surface area contributed by atoms with E-state index in [0.717, 1.165) is 43.2 Å². The van der Waals surface area contributed by atoms with Gasteiger partial charge in [0.15, 0.2) is 5.65 Å². The average Bonchev–Trinajstić information content (AvgIpc) is 2.73. The zero-order valence-electron chi connectivity index (χ0n) is 10.3. The molecule has 1 fully saturated rings. The fourth-order valence-electron chi connectivity index (χ4n) is 2.12. The number of ether oxygens (including phenoxy) is 1. The summed E-state index contributed by atoms with van der Waals surface area (Å²) in [6.45, 7) is 4.06. The fraction of sp³-hybridized carbons (Fsp3) is 0.545. The Kier molecular flexibility index (Phi) is 2.85. The van der Waals surface area contributed by atoms with Crippen LogP contribution in [0, 0.1) is 0 Å². The molecule has 96 valence electrons. The van der Waals surface area contributed by atoms with Crippen molar-refractivity contribution in [2.24, 2.45) is 7.05 Å². The number of fused-ring (bicyclic) bond motifs is 1. The third kappa shape index (κ3) is 2.02. The van der Waals surface area contributed by atoms with Crippen molar-refractivity contribution < 1.29 is 4.74 Å². The lowest BCUT2D eigenvalue weighted by Crippen LogP contribution is -2.36. The summed E-state index contributed by atoms with van der Waals surface area (Å²) in [5, 5.41) is 4.95. The first-order valence-corrected chi connectivity index (χ1v) is 5.98. The van der Waals surface area contributed by atoms with E-state index in [4.69, 9.17) is 10.5 Å². The Bertz CT molecular complexity index is 560. The summed E-state index contributed by atoms with van der Waals surface area (Å²) >= 11 is 0. The van der Waals surface area contributed by atoms with Crippen LogP contribution >= 0.6 is 0 Å². The van der Waals surface area contributed by atoms with Gasteiger partial charge in [-0.15, -0.1) is 0 Å². The van der Waals surface area contributed by atoms with Crippen molar-refractivity contribution in [3.63, 3.8) is 0 Å². The van der Waals surface area contributed by atoms with Gasteiger partial charge in [-0.1, -0.05) is 0 Å². The molecule has 7 heteroatoms. The average molecular weight is 248 g/mol. The van der Waals surface area contributed by atoms with Crippen molar-refractivity contribution in [3.8, 4) is 0 Å². The minimum atomic E-state index is 0.497. The van der Waals surface area contributed by atoms with Crippen LogP contribution in [0.5, 0.6) is 0 Å². The van der Waals surface area contributed by atoms with Crippen LogP contribution < -0.4 is 5.73 Å². The molecule has 1 aliphatic rings. The molecule has 0 aliphatic carbocycles. The van der Waals surface area contributed by atoms with Crippen molar-refractivity contribution in [1.82, 2.24) is 24.6 Å². The van der Waals surface area contributed by atoms with Crippen molar-refractivity contribution in [1.29, 1.82) is 0 Å². The summed E-state index contributed by atoms with van der Waals surface area (Å²) in [7, 11) is 1.85. The van der Waals surface area contributed by atoms with Gasteiger partial charge in [0.1, 0.15) is 11.6 Å². The predicted molar refractivity (Wildman–Crippen MR) is 66.8 cm³/mol. The minimum Gasteiger partial charge on any atom is -0.383 e. The molecule has 0 atom stereocenters. The largest absolute Gasteiger partial charge is 0.383 e. The number of anilines is 1. The van der Waals surface area contributed by atoms with Gasteiger partial charge in [0.25, 0.3) is 0 Å². The van der Waals surface area contributed by atoms with Crippen LogP contribution in [0.1, 0.15) is 5.82 Å². The maximum atomic E-state index is 5.93. The number of aryl methyl sites for hydroxylation is 1. The molecule has 0 bridgehead atoms. The number of nitrogen functional groups attached to an aromatic ring is 1. The van der Waals surface area contributed by atoms with Crippen molar-refractivity contribution in [2.75, 3.05) is 32.0 Å². The molecular formula is C11H16N6O. The lowest BCUT2D eigenvalue weighted by Gasteiger charge is -2.25. The standard InChI is InChI=1S/C11H16N6O/c1-16-11-8(6-13-16)10(12)14-9(15-11)7-17-2-4-18-5-3-17/h6H,2-5,7H2,1H3,(H2,12,14,15). The van der Waals surface area contributed by atoms with Crippen LogP contribution in [-0.2, 0) is 18.3 Å². The highest BCUT2D eigenvalue weighted by atomic mass is 16.5. The Morgan fingerprint density at radius 3 is 2.89 bits per heavy atom. The second-order valence-electron chi connectivity index (χ2n) is 4.42. The summed E-state index contributed by atoms with van der Waals surface area (Å²) in [4.78, 5) is 11.1. The molecule has 1 saturated heterocycles.